The molecular formula is C10H12ClN3. The lowest BCUT2D eigenvalue weighted by atomic mass is 10.1. The number of pyridine rings is 1. The molecule has 74 valence electrons. The van der Waals surface area contributed by atoms with E-state index in [0.717, 1.165) is 11.3 Å². The van der Waals surface area contributed by atoms with Crippen LogP contribution in [0.2, 0.25) is 5.02 Å². The standard InChI is InChI=1S/C10H12ClN3/c1-7(4-12)9-6-14-5-8(11)2-3-10(14)13-9/h2-3,5-7H,4,12H2,1H3. The molecule has 0 spiro atoms. The molecule has 3 nitrogen and oxygen atoms in total. The minimum Gasteiger partial charge on any atom is -0.330 e. The molecule has 0 fully saturated rings. The van der Waals surface area contributed by atoms with E-state index in [9.17, 15) is 0 Å². The number of imidazole rings is 1. The normalized spacial score (nSPS) is 13.4. The van der Waals surface area contributed by atoms with Gasteiger partial charge in [-0.15, -0.1) is 0 Å². The molecule has 0 radical (unpaired) electrons. The Kier molecular flexibility index (Phi) is 2.44. The number of hydrogen-bond acceptors (Lipinski definition) is 2. The van der Waals surface area contributed by atoms with Crippen LogP contribution in [-0.4, -0.2) is 15.9 Å². The maximum absolute atomic E-state index is 5.87. The Labute approximate surface area is 87.5 Å². The highest BCUT2D eigenvalue weighted by Crippen LogP contribution is 2.16. The molecule has 2 aromatic heterocycles. The number of nitrogens with two attached hydrogens (primary N) is 1. The lowest BCUT2D eigenvalue weighted by Crippen LogP contribution is -2.08. The van der Waals surface area contributed by atoms with Gasteiger partial charge >= 0.3 is 0 Å². The Morgan fingerprint density at radius 3 is 3.00 bits per heavy atom. The van der Waals surface area contributed by atoms with Gasteiger partial charge in [-0.05, 0) is 12.1 Å². The summed E-state index contributed by atoms with van der Waals surface area (Å²) in [5.74, 6) is 0.286. The van der Waals surface area contributed by atoms with Gasteiger partial charge in [-0.25, -0.2) is 4.98 Å². The van der Waals surface area contributed by atoms with E-state index in [2.05, 4.69) is 11.9 Å². The fourth-order valence-corrected chi connectivity index (χ4v) is 1.51. The molecule has 0 amide bonds. The van der Waals surface area contributed by atoms with Gasteiger partial charge in [0.2, 0.25) is 0 Å². The SMILES string of the molecule is CC(CN)c1cn2cc(Cl)ccc2n1. The molecule has 1 atom stereocenters. The Morgan fingerprint density at radius 2 is 2.29 bits per heavy atom. The summed E-state index contributed by atoms with van der Waals surface area (Å²) in [7, 11) is 0. The molecule has 2 heterocycles. The van der Waals surface area contributed by atoms with Crippen LogP contribution in [0.3, 0.4) is 0 Å². The number of aromatic nitrogens is 2. The van der Waals surface area contributed by atoms with E-state index in [-0.39, 0.29) is 5.92 Å². The lowest BCUT2D eigenvalue weighted by molar-refractivity contribution is 0.752. The van der Waals surface area contributed by atoms with E-state index in [0.29, 0.717) is 11.6 Å². The molecule has 0 aliphatic rings. The fourth-order valence-electron chi connectivity index (χ4n) is 1.34. The van der Waals surface area contributed by atoms with E-state index in [1.807, 2.05) is 28.9 Å². The van der Waals surface area contributed by atoms with Gasteiger partial charge in [0.05, 0.1) is 10.7 Å². The van der Waals surface area contributed by atoms with Crippen molar-refractivity contribution in [2.24, 2.45) is 5.73 Å². The minimum atomic E-state index is 0.286. The zero-order valence-electron chi connectivity index (χ0n) is 7.94. The Morgan fingerprint density at radius 1 is 1.50 bits per heavy atom. The van der Waals surface area contributed by atoms with E-state index < -0.39 is 0 Å². The van der Waals surface area contributed by atoms with Crippen LogP contribution >= 0.6 is 11.6 Å². The molecular weight excluding hydrogens is 198 g/mol. The molecule has 2 N–H and O–H groups in total. The molecule has 0 aliphatic heterocycles. The van der Waals surface area contributed by atoms with Crippen LogP contribution in [0.25, 0.3) is 5.65 Å². The Hall–Kier alpha value is -1.06. The minimum absolute atomic E-state index is 0.286. The van der Waals surface area contributed by atoms with E-state index >= 15 is 0 Å². The number of halogens is 1. The molecule has 0 saturated carbocycles. The summed E-state index contributed by atoms with van der Waals surface area (Å²) >= 11 is 5.87. The summed E-state index contributed by atoms with van der Waals surface area (Å²) in [6, 6.07) is 3.73. The molecule has 1 unspecified atom stereocenters. The maximum atomic E-state index is 5.87. The summed E-state index contributed by atoms with van der Waals surface area (Å²) in [6.45, 7) is 2.67. The number of nitrogens with zero attached hydrogens (tertiary/aromatic N) is 2. The van der Waals surface area contributed by atoms with Crippen molar-refractivity contribution < 1.29 is 0 Å². The second-order valence-corrected chi connectivity index (χ2v) is 3.85. The van der Waals surface area contributed by atoms with Crippen LogP contribution in [0.1, 0.15) is 18.5 Å². The molecule has 2 rings (SSSR count). The maximum Gasteiger partial charge on any atom is 0.137 e. The average molecular weight is 210 g/mol. The topological polar surface area (TPSA) is 43.3 Å². The van der Waals surface area contributed by atoms with Gasteiger partial charge in [-0.3, -0.25) is 0 Å². The Bertz CT molecular complexity index is 450. The second kappa shape index (κ2) is 3.59. The van der Waals surface area contributed by atoms with Gasteiger partial charge in [-0.1, -0.05) is 18.5 Å². The van der Waals surface area contributed by atoms with Crippen molar-refractivity contribution in [1.82, 2.24) is 9.38 Å². The summed E-state index contributed by atoms with van der Waals surface area (Å²) in [5, 5.41) is 0.710. The summed E-state index contributed by atoms with van der Waals surface area (Å²) in [6.07, 6.45) is 3.81. The van der Waals surface area contributed by atoms with Gasteiger partial charge < -0.3 is 10.1 Å². The first kappa shape index (κ1) is 9.49. The molecule has 0 saturated heterocycles. The van der Waals surface area contributed by atoms with Gasteiger partial charge in [0, 0.05) is 24.9 Å². The fraction of sp³-hybridized carbons (Fsp3) is 0.300. The summed E-state index contributed by atoms with van der Waals surface area (Å²) in [5.41, 5.74) is 7.50. The van der Waals surface area contributed by atoms with Crippen molar-refractivity contribution in [2.75, 3.05) is 6.54 Å². The van der Waals surface area contributed by atoms with Crippen LogP contribution in [0.15, 0.2) is 24.5 Å². The van der Waals surface area contributed by atoms with Crippen LogP contribution in [0, 0.1) is 0 Å². The third kappa shape index (κ3) is 1.61. The van der Waals surface area contributed by atoms with E-state index in [1.54, 1.807) is 0 Å². The molecule has 0 aromatic carbocycles. The van der Waals surface area contributed by atoms with Gasteiger partial charge in [0.25, 0.3) is 0 Å². The molecule has 0 bridgehead atoms. The van der Waals surface area contributed by atoms with E-state index in [1.165, 1.54) is 0 Å². The molecule has 14 heavy (non-hydrogen) atoms. The molecule has 2 aromatic rings. The largest absolute Gasteiger partial charge is 0.330 e. The van der Waals surface area contributed by atoms with Crippen LogP contribution < -0.4 is 5.73 Å². The highest BCUT2D eigenvalue weighted by atomic mass is 35.5. The summed E-state index contributed by atoms with van der Waals surface area (Å²) < 4.78 is 1.92. The highest BCUT2D eigenvalue weighted by Gasteiger charge is 2.07. The van der Waals surface area contributed by atoms with Gasteiger partial charge in [-0.2, -0.15) is 0 Å². The van der Waals surface area contributed by atoms with Crippen molar-refractivity contribution in [1.29, 1.82) is 0 Å². The smallest absolute Gasteiger partial charge is 0.137 e. The van der Waals surface area contributed by atoms with Crippen LogP contribution in [0.5, 0.6) is 0 Å². The average Bonchev–Trinajstić information content (AvgIpc) is 2.59. The predicted octanol–water partition coefficient (Wildman–Crippen LogP) is 2.05. The first-order valence-corrected chi connectivity index (χ1v) is 4.92. The predicted molar refractivity (Wildman–Crippen MR) is 57.7 cm³/mol. The monoisotopic (exact) mass is 209 g/mol. The number of fused-ring (bicyclic) bond motifs is 1. The van der Waals surface area contributed by atoms with Gasteiger partial charge in [0.1, 0.15) is 5.65 Å². The third-order valence-corrected chi connectivity index (χ3v) is 2.52. The third-order valence-electron chi connectivity index (χ3n) is 2.29. The van der Waals surface area contributed by atoms with Crippen LogP contribution in [-0.2, 0) is 0 Å². The van der Waals surface area contributed by atoms with Crippen LogP contribution in [0.4, 0.5) is 0 Å². The number of hydrogen-bond donors (Lipinski definition) is 1. The van der Waals surface area contributed by atoms with Crippen molar-refractivity contribution in [2.45, 2.75) is 12.8 Å². The highest BCUT2D eigenvalue weighted by molar-refractivity contribution is 6.30. The number of rotatable bonds is 2. The van der Waals surface area contributed by atoms with Crippen molar-refractivity contribution in [3.8, 4) is 0 Å². The first-order chi connectivity index (χ1) is 6.70. The zero-order chi connectivity index (χ0) is 10.1. The van der Waals surface area contributed by atoms with Crippen molar-refractivity contribution in [3.05, 3.63) is 35.2 Å². The van der Waals surface area contributed by atoms with Crippen molar-refractivity contribution >= 4 is 17.2 Å². The quantitative estimate of drug-likeness (QED) is 0.823. The molecule has 0 aliphatic carbocycles. The zero-order valence-corrected chi connectivity index (χ0v) is 8.70. The van der Waals surface area contributed by atoms with Crippen molar-refractivity contribution in [3.63, 3.8) is 0 Å². The second-order valence-electron chi connectivity index (χ2n) is 3.42. The van der Waals surface area contributed by atoms with E-state index in [4.69, 9.17) is 17.3 Å². The Balaban J connectivity index is 2.51. The molecule has 4 heteroatoms. The summed E-state index contributed by atoms with van der Waals surface area (Å²) in [4.78, 5) is 4.45. The first-order valence-electron chi connectivity index (χ1n) is 4.55. The lowest BCUT2D eigenvalue weighted by Gasteiger charge is -2.01. The van der Waals surface area contributed by atoms with Gasteiger partial charge in [0.15, 0.2) is 0 Å².